The molecule has 0 radical (unpaired) electrons. The Labute approximate surface area is 114 Å². The van der Waals surface area contributed by atoms with Crippen molar-refractivity contribution in [3.63, 3.8) is 0 Å². The molecule has 19 heavy (non-hydrogen) atoms. The minimum atomic E-state index is -0.230. The van der Waals surface area contributed by atoms with E-state index < -0.39 is 0 Å². The summed E-state index contributed by atoms with van der Waals surface area (Å²) in [6.45, 7) is 3.84. The van der Waals surface area contributed by atoms with Crippen molar-refractivity contribution in [2.24, 2.45) is 0 Å². The monoisotopic (exact) mass is 266 g/mol. The smallest absolute Gasteiger partial charge is 0.146 e. The van der Waals surface area contributed by atoms with Gasteiger partial charge in [-0.1, -0.05) is 6.92 Å². The highest BCUT2D eigenvalue weighted by Crippen LogP contribution is 2.26. The third-order valence-electron chi connectivity index (χ3n) is 3.59. The molecule has 2 rings (SSSR count). The number of nitrogens with one attached hydrogen (secondary N) is 1. The van der Waals surface area contributed by atoms with Crippen molar-refractivity contribution in [1.82, 2.24) is 10.3 Å². The third kappa shape index (κ3) is 4.25. The molecule has 1 aromatic heterocycles. The Morgan fingerprint density at radius 1 is 1.53 bits per heavy atom. The van der Waals surface area contributed by atoms with Crippen molar-refractivity contribution < 1.29 is 9.13 Å². The van der Waals surface area contributed by atoms with Crippen LogP contribution in [0.3, 0.4) is 0 Å². The maximum Gasteiger partial charge on any atom is 0.146 e. The van der Waals surface area contributed by atoms with E-state index in [9.17, 15) is 4.39 Å². The molecule has 1 aliphatic heterocycles. The highest BCUT2D eigenvalue weighted by atomic mass is 19.1. The Balaban J connectivity index is 2.04. The first-order valence-corrected chi connectivity index (χ1v) is 7.25. The van der Waals surface area contributed by atoms with Gasteiger partial charge in [-0.25, -0.2) is 4.39 Å². The fraction of sp³-hybridized carbons (Fsp3) is 0.667. The topological polar surface area (TPSA) is 34.1 Å². The van der Waals surface area contributed by atoms with Gasteiger partial charge >= 0.3 is 0 Å². The molecule has 0 bridgehead atoms. The number of pyridine rings is 1. The van der Waals surface area contributed by atoms with E-state index in [1.54, 1.807) is 12.3 Å². The van der Waals surface area contributed by atoms with Crippen molar-refractivity contribution in [1.29, 1.82) is 0 Å². The lowest BCUT2D eigenvalue weighted by molar-refractivity contribution is 0.00485. The molecule has 1 aliphatic rings. The first-order chi connectivity index (χ1) is 9.31. The summed E-state index contributed by atoms with van der Waals surface area (Å²) in [4.78, 5) is 3.82. The van der Waals surface area contributed by atoms with Gasteiger partial charge in [0.05, 0.1) is 12.3 Å². The first kappa shape index (κ1) is 14.4. The molecule has 2 atom stereocenters. The van der Waals surface area contributed by atoms with E-state index in [2.05, 4.69) is 17.2 Å². The molecule has 4 heteroatoms. The van der Waals surface area contributed by atoms with Crippen molar-refractivity contribution in [3.05, 3.63) is 29.8 Å². The Hall–Kier alpha value is -1.00. The van der Waals surface area contributed by atoms with Gasteiger partial charge in [0.1, 0.15) is 5.82 Å². The lowest BCUT2D eigenvalue weighted by atomic mass is 9.97. The summed E-state index contributed by atoms with van der Waals surface area (Å²) in [5, 5.41) is 3.43. The average Bonchev–Trinajstić information content (AvgIpc) is 2.45. The molecule has 3 nitrogen and oxygen atoms in total. The molecule has 2 unspecified atom stereocenters. The summed E-state index contributed by atoms with van der Waals surface area (Å²) < 4.78 is 19.6. The minimum absolute atomic E-state index is 0.0195. The second kappa shape index (κ2) is 7.56. The number of ether oxygens (including phenoxy) is 1. The molecule has 0 aromatic carbocycles. The second-order valence-electron chi connectivity index (χ2n) is 5.13. The maximum atomic E-state index is 13.9. The van der Waals surface area contributed by atoms with Crippen molar-refractivity contribution in [3.8, 4) is 0 Å². The van der Waals surface area contributed by atoms with E-state index in [0.717, 1.165) is 38.8 Å². The van der Waals surface area contributed by atoms with Crippen LogP contribution in [0.15, 0.2) is 18.5 Å². The van der Waals surface area contributed by atoms with E-state index >= 15 is 0 Å². The van der Waals surface area contributed by atoms with Crippen molar-refractivity contribution in [2.45, 2.75) is 51.2 Å². The SMILES string of the molecule is CCCNC(CC1CCCCO1)c1ccncc1F. The molecule has 106 valence electrons. The number of halogens is 1. The Kier molecular flexibility index (Phi) is 5.73. The van der Waals surface area contributed by atoms with E-state index in [1.807, 2.05) is 0 Å². The van der Waals surface area contributed by atoms with Crippen LogP contribution in [0.2, 0.25) is 0 Å². The summed E-state index contributed by atoms with van der Waals surface area (Å²) in [6.07, 6.45) is 8.50. The fourth-order valence-corrected chi connectivity index (χ4v) is 2.56. The van der Waals surface area contributed by atoms with Gasteiger partial charge in [0.2, 0.25) is 0 Å². The molecule has 1 aromatic rings. The van der Waals surface area contributed by atoms with Crippen LogP contribution in [0.4, 0.5) is 4.39 Å². The minimum Gasteiger partial charge on any atom is -0.378 e. The molecule has 0 amide bonds. The largest absolute Gasteiger partial charge is 0.378 e. The zero-order valence-electron chi connectivity index (χ0n) is 11.6. The van der Waals surface area contributed by atoms with Gasteiger partial charge in [0, 0.05) is 24.4 Å². The Morgan fingerprint density at radius 2 is 2.42 bits per heavy atom. The summed E-state index contributed by atoms with van der Waals surface area (Å²) in [5.41, 5.74) is 0.706. The van der Waals surface area contributed by atoms with Gasteiger partial charge < -0.3 is 10.1 Å². The number of hydrogen-bond donors (Lipinski definition) is 1. The molecule has 2 heterocycles. The second-order valence-corrected chi connectivity index (χ2v) is 5.13. The first-order valence-electron chi connectivity index (χ1n) is 7.25. The number of rotatable bonds is 6. The number of aromatic nitrogens is 1. The number of hydrogen-bond acceptors (Lipinski definition) is 3. The molecule has 0 saturated carbocycles. The summed E-state index contributed by atoms with van der Waals surface area (Å²) in [6, 6.07) is 1.79. The lowest BCUT2D eigenvalue weighted by Crippen LogP contribution is -2.30. The zero-order valence-corrected chi connectivity index (χ0v) is 11.6. The maximum absolute atomic E-state index is 13.9. The van der Waals surface area contributed by atoms with Gasteiger partial charge in [0.15, 0.2) is 0 Å². The third-order valence-corrected chi connectivity index (χ3v) is 3.59. The van der Waals surface area contributed by atoms with Crippen LogP contribution in [0, 0.1) is 5.82 Å². The Morgan fingerprint density at radius 3 is 3.11 bits per heavy atom. The van der Waals surface area contributed by atoms with E-state index in [0.29, 0.717) is 5.56 Å². The Bertz CT molecular complexity index is 380. The summed E-state index contributed by atoms with van der Waals surface area (Å²) in [5.74, 6) is -0.230. The molecule has 1 fully saturated rings. The quantitative estimate of drug-likeness (QED) is 0.858. The van der Waals surface area contributed by atoms with E-state index in [-0.39, 0.29) is 18.0 Å². The molecule has 0 aliphatic carbocycles. The normalized spacial score (nSPS) is 21.3. The zero-order chi connectivity index (χ0) is 13.5. The van der Waals surface area contributed by atoms with Crippen LogP contribution in [-0.4, -0.2) is 24.2 Å². The lowest BCUT2D eigenvalue weighted by Gasteiger charge is -2.28. The molecule has 1 saturated heterocycles. The van der Waals surface area contributed by atoms with Crippen LogP contribution < -0.4 is 5.32 Å². The van der Waals surface area contributed by atoms with Crippen molar-refractivity contribution >= 4 is 0 Å². The van der Waals surface area contributed by atoms with Gasteiger partial charge in [-0.2, -0.15) is 0 Å². The molecule has 1 N–H and O–H groups in total. The van der Waals surface area contributed by atoms with Crippen LogP contribution in [0.5, 0.6) is 0 Å². The van der Waals surface area contributed by atoms with Crippen LogP contribution in [-0.2, 0) is 4.74 Å². The number of nitrogens with zero attached hydrogens (tertiary/aromatic N) is 1. The summed E-state index contributed by atoms with van der Waals surface area (Å²) in [7, 11) is 0. The predicted octanol–water partition coefficient (Wildman–Crippen LogP) is 3.22. The molecule has 0 spiro atoms. The van der Waals surface area contributed by atoms with Crippen molar-refractivity contribution in [2.75, 3.05) is 13.2 Å². The molecular formula is C15H23FN2O. The van der Waals surface area contributed by atoms with Gasteiger partial charge in [-0.3, -0.25) is 4.98 Å². The van der Waals surface area contributed by atoms with Crippen LogP contribution in [0.1, 0.15) is 50.6 Å². The highest BCUT2D eigenvalue weighted by Gasteiger charge is 2.22. The van der Waals surface area contributed by atoms with Gasteiger partial charge in [-0.05, 0) is 44.7 Å². The van der Waals surface area contributed by atoms with Gasteiger partial charge in [-0.15, -0.1) is 0 Å². The van der Waals surface area contributed by atoms with E-state index in [4.69, 9.17) is 4.74 Å². The highest BCUT2D eigenvalue weighted by molar-refractivity contribution is 5.17. The van der Waals surface area contributed by atoms with Crippen LogP contribution >= 0.6 is 0 Å². The van der Waals surface area contributed by atoms with E-state index in [1.165, 1.54) is 12.6 Å². The van der Waals surface area contributed by atoms with Crippen LogP contribution in [0.25, 0.3) is 0 Å². The molecular weight excluding hydrogens is 243 g/mol. The average molecular weight is 266 g/mol. The van der Waals surface area contributed by atoms with Gasteiger partial charge in [0.25, 0.3) is 0 Å². The summed E-state index contributed by atoms with van der Waals surface area (Å²) >= 11 is 0. The fourth-order valence-electron chi connectivity index (χ4n) is 2.56. The predicted molar refractivity (Wildman–Crippen MR) is 73.4 cm³/mol. The standard InChI is InChI=1S/C15H23FN2O/c1-2-7-18-15(10-12-5-3-4-9-19-12)13-6-8-17-11-14(13)16/h6,8,11-12,15,18H,2-5,7,9-10H2,1H3.